The molecule has 3 rings (SSSR count). The van der Waals surface area contributed by atoms with Gasteiger partial charge in [-0.25, -0.2) is 9.78 Å². The SMILES string of the molecule is C=C[C@H]1C[C@H](Nc2nccn3cc(C(=O)OCC)cc23)CCO1. The Morgan fingerprint density at radius 3 is 3.30 bits per heavy atom. The van der Waals surface area contributed by atoms with Crippen LogP contribution in [0.3, 0.4) is 0 Å². The number of fused-ring (bicyclic) bond motifs is 1. The predicted molar refractivity (Wildman–Crippen MR) is 87.7 cm³/mol. The molecule has 23 heavy (non-hydrogen) atoms. The Balaban J connectivity index is 1.83. The summed E-state index contributed by atoms with van der Waals surface area (Å²) in [5.74, 6) is 0.442. The van der Waals surface area contributed by atoms with E-state index in [0.717, 1.165) is 24.2 Å². The number of aromatic nitrogens is 2. The fourth-order valence-corrected chi connectivity index (χ4v) is 2.79. The Hall–Kier alpha value is -2.34. The van der Waals surface area contributed by atoms with Gasteiger partial charge in [-0.1, -0.05) is 6.08 Å². The van der Waals surface area contributed by atoms with Crippen LogP contribution in [0.1, 0.15) is 30.1 Å². The van der Waals surface area contributed by atoms with E-state index >= 15 is 0 Å². The lowest BCUT2D eigenvalue weighted by atomic mass is 10.0. The number of esters is 1. The van der Waals surface area contributed by atoms with Gasteiger partial charge in [0.25, 0.3) is 0 Å². The summed E-state index contributed by atoms with van der Waals surface area (Å²) < 4.78 is 12.5. The van der Waals surface area contributed by atoms with E-state index in [1.54, 1.807) is 25.4 Å². The maximum Gasteiger partial charge on any atom is 0.339 e. The third-order valence-corrected chi connectivity index (χ3v) is 3.95. The van der Waals surface area contributed by atoms with Crippen molar-refractivity contribution in [2.75, 3.05) is 18.5 Å². The molecule has 0 saturated carbocycles. The molecule has 6 heteroatoms. The summed E-state index contributed by atoms with van der Waals surface area (Å²) in [5.41, 5.74) is 1.39. The first kappa shape index (κ1) is 15.6. The molecule has 0 aromatic carbocycles. The molecule has 0 radical (unpaired) electrons. The summed E-state index contributed by atoms with van der Waals surface area (Å²) in [7, 11) is 0. The largest absolute Gasteiger partial charge is 0.462 e. The number of carbonyl (C=O) groups excluding carboxylic acids is 1. The Morgan fingerprint density at radius 2 is 2.52 bits per heavy atom. The van der Waals surface area contributed by atoms with E-state index in [4.69, 9.17) is 9.47 Å². The van der Waals surface area contributed by atoms with Gasteiger partial charge in [-0.15, -0.1) is 6.58 Å². The first-order valence-corrected chi connectivity index (χ1v) is 7.85. The number of anilines is 1. The molecule has 0 spiro atoms. The molecule has 1 fully saturated rings. The van der Waals surface area contributed by atoms with Gasteiger partial charge in [0.15, 0.2) is 5.82 Å². The molecule has 0 aliphatic carbocycles. The van der Waals surface area contributed by atoms with E-state index in [2.05, 4.69) is 16.9 Å². The van der Waals surface area contributed by atoms with Gasteiger partial charge >= 0.3 is 5.97 Å². The topological polar surface area (TPSA) is 64.9 Å². The van der Waals surface area contributed by atoms with Crippen molar-refractivity contribution in [3.63, 3.8) is 0 Å². The molecule has 2 aromatic heterocycles. The third-order valence-electron chi connectivity index (χ3n) is 3.95. The lowest BCUT2D eigenvalue weighted by Crippen LogP contribution is -2.33. The second-order valence-electron chi connectivity index (χ2n) is 5.53. The quantitative estimate of drug-likeness (QED) is 0.679. The molecular weight excluding hydrogens is 294 g/mol. The average molecular weight is 315 g/mol. The molecule has 3 heterocycles. The third kappa shape index (κ3) is 3.37. The number of hydrogen-bond donors (Lipinski definition) is 1. The molecule has 0 amide bonds. The van der Waals surface area contributed by atoms with E-state index < -0.39 is 0 Å². The van der Waals surface area contributed by atoms with Crippen LogP contribution in [0.15, 0.2) is 37.3 Å². The lowest BCUT2D eigenvalue weighted by molar-refractivity contribution is 0.0412. The summed E-state index contributed by atoms with van der Waals surface area (Å²) in [4.78, 5) is 16.3. The Bertz CT molecular complexity index is 710. The van der Waals surface area contributed by atoms with Crippen LogP contribution in [-0.2, 0) is 9.47 Å². The van der Waals surface area contributed by atoms with Crippen LogP contribution in [0.25, 0.3) is 5.52 Å². The molecule has 0 bridgehead atoms. The van der Waals surface area contributed by atoms with Crippen molar-refractivity contribution in [2.45, 2.75) is 31.9 Å². The van der Waals surface area contributed by atoms with Gasteiger partial charge < -0.3 is 19.2 Å². The van der Waals surface area contributed by atoms with Crippen molar-refractivity contribution in [3.8, 4) is 0 Å². The normalized spacial score (nSPS) is 21.1. The summed E-state index contributed by atoms with van der Waals surface area (Å²) in [6.45, 7) is 6.65. The van der Waals surface area contributed by atoms with Crippen LogP contribution in [0.5, 0.6) is 0 Å². The summed E-state index contributed by atoms with van der Waals surface area (Å²) >= 11 is 0. The first-order chi connectivity index (χ1) is 11.2. The van der Waals surface area contributed by atoms with Crippen LogP contribution in [0.2, 0.25) is 0 Å². The molecule has 1 aliphatic rings. The van der Waals surface area contributed by atoms with Gasteiger partial charge in [0, 0.05) is 31.2 Å². The van der Waals surface area contributed by atoms with E-state index in [1.807, 2.05) is 16.7 Å². The van der Waals surface area contributed by atoms with Crippen molar-refractivity contribution in [1.82, 2.24) is 9.38 Å². The highest BCUT2D eigenvalue weighted by atomic mass is 16.5. The van der Waals surface area contributed by atoms with Crippen LogP contribution in [0, 0.1) is 0 Å². The van der Waals surface area contributed by atoms with Crippen molar-refractivity contribution in [1.29, 1.82) is 0 Å². The van der Waals surface area contributed by atoms with Gasteiger partial charge in [-0.2, -0.15) is 0 Å². The fraction of sp³-hybridized carbons (Fsp3) is 0.412. The van der Waals surface area contributed by atoms with Gasteiger partial charge in [0.1, 0.15) is 0 Å². The minimum Gasteiger partial charge on any atom is -0.462 e. The van der Waals surface area contributed by atoms with Gasteiger partial charge in [-0.05, 0) is 25.8 Å². The van der Waals surface area contributed by atoms with Crippen LogP contribution >= 0.6 is 0 Å². The van der Waals surface area contributed by atoms with Crippen LogP contribution in [-0.4, -0.2) is 40.7 Å². The second kappa shape index (κ2) is 6.83. The minimum atomic E-state index is -0.320. The first-order valence-electron chi connectivity index (χ1n) is 7.85. The van der Waals surface area contributed by atoms with Crippen molar-refractivity contribution >= 4 is 17.3 Å². The zero-order chi connectivity index (χ0) is 16.2. The van der Waals surface area contributed by atoms with E-state index in [1.165, 1.54) is 0 Å². The molecule has 2 atom stereocenters. The number of nitrogens with one attached hydrogen (secondary N) is 1. The number of hydrogen-bond acceptors (Lipinski definition) is 5. The standard InChI is InChI=1S/C17H21N3O3/c1-3-14-10-13(5-8-23-14)19-16-15-9-12(17(21)22-4-2)11-20(15)7-6-18-16/h3,6-7,9,11,13-14H,1,4-5,8,10H2,2H3,(H,18,19)/t13-,14+/m1/s1. The molecule has 1 saturated heterocycles. The molecule has 122 valence electrons. The predicted octanol–water partition coefficient (Wildman–Crippen LogP) is 2.66. The highest BCUT2D eigenvalue weighted by Crippen LogP contribution is 2.23. The fourth-order valence-electron chi connectivity index (χ4n) is 2.79. The number of carbonyl (C=O) groups is 1. The van der Waals surface area contributed by atoms with Crippen molar-refractivity contribution < 1.29 is 14.3 Å². The van der Waals surface area contributed by atoms with Crippen molar-refractivity contribution in [2.24, 2.45) is 0 Å². The summed E-state index contributed by atoms with van der Waals surface area (Å²) in [6.07, 6.45) is 8.97. The Morgan fingerprint density at radius 1 is 1.65 bits per heavy atom. The molecule has 1 N–H and O–H groups in total. The Labute approximate surface area is 135 Å². The number of ether oxygens (including phenoxy) is 2. The molecule has 0 unspecified atom stereocenters. The molecular formula is C17H21N3O3. The van der Waals surface area contributed by atoms with E-state index in [0.29, 0.717) is 18.8 Å². The number of nitrogens with zero attached hydrogens (tertiary/aromatic N) is 2. The Kier molecular flexibility index (Phi) is 4.62. The van der Waals surface area contributed by atoms with Gasteiger partial charge in [0.05, 0.1) is 23.8 Å². The van der Waals surface area contributed by atoms with Crippen LogP contribution < -0.4 is 5.32 Å². The van der Waals surface area contributed by atoms with Crippen LogP contribution in [0.4, 0.5) is 5.82 Å². The molecule has 1 aliphatic heterocycles. The van der Waals surface area contributed by atoms with Crippen molar-refractivity contribution in [3.05, 3.63) is 42.9 Å². The zero-order valence-electron chi connectivity index (χ0n) is 13.2. The number of rotatable bonds is 5. The van der Waals surface area contributed by atoms with Gasteiger partial charge in [-0.3, -0.25) is 0 Å². The lowest BCUT2D eigenvalue weighted by Gasteiger charge is -2.28. The van der Waals surface area contributed by atoms with E-state index in [-0.39, 0.29) is 18.1 Å². The van der Waals surface area contributed by atoms with Gasteiger partial charge in [0.2, 0.25) is 0 Å². The van der Waals surface area contributed by atoms with E-state index in [9.17, 15) is 4.79 Å². The second-order valence-corrected chi connectivity index (χ2v) is 5.53. The molecule has 6 nitrogen and oxygen atoms in total. The maximum atomic E-state index is 11.9. The summed E-state index contributed by atoms with van der Waals surface area (Å²) in [5, 5.41) is 3.46. The smallest absolute Gasteiger partial charge is 0.339 e. The molecule has 2 aromatic rings. The average Bonchev–Trinajstić information content (AvgIpc) is 3.01. The highest BCUT2D eigenvalue weighted by molar-refractivity contribution is 5.92. The zero-order valence-corrected chi connectivity index (χ0v) is 13.2. The maximum absolute atomic E-state index is 11.9. The minimum absolute atomic E-state index is 0.0721. The highest BCUT2D eigenvalue weighted by Gasteiger charge is 2.21. The summed E-state index contributed by atoms with van der Waals surface area (Å²) in [6, 6.07) is 2.07. The monoisotopic (exact) mass is 315 g/mol.